The van der Waals surface area contributed by atoms with Gasteiger partial charge in [0, 0.05) is 55.8 Å². The third-order valence-corrected chi connectivity index (χ3v) is 3.87. The molecule has 0 bridgehead atoms. The predicted molar refractivity (Wildman–Crippen MR) is 78.1 cm³/mol. The third-order valence-electron chi connectivity index (χ3n) is 3.30. The van der Waals surface area contributed by atoms with Crippen LogP contribution in [0.2, 0.25) is 0 Å². The SMILES string of the molecule is CSc1ncc2c(n1)CCN(Cc1cnc(N)nc1)C2. The maximum atomic E-state index is 5.50. The van der Waals surface area contributed by atoms with Crippen LogP contribution in [0.1, 0.15) is 16.8 Å². The summed E-state index contributed by atoms with van der Waals surface area (Å²) in [5.41, 5.74) is 8.96. The number of hydrogen-bond acceptors (Lipinski definition) is 7. The number of fused-ring (bicyclic) bond motifs is 1. The van der Waals surface area contributed by atoms with Crippen LogP contribution in [0, 0.1) is 0 Å². The van der Waals surface area contributed by atoms with E-state index in [1.807, 2.05) is 12.5 Å². The molecule has 0 radical (unpaired) electrons. The Morgan fingerprint density at radius 2 is 2.05 bits per heavy atom. The number of rotatable bonds is 3. The molecular formula is C13H16N6S. The molecule has 0 aliphatic carbocycles. The zero-order valence-corrected chi connectivity index (χ0v) is 12.1. The number of nitrogen functional groups attached to an aromatic ring is 1. The first-order valence-corrected chi connectivity index (χ1v) is 7.64. The average molecular weight is 288 g/mol. The van der Waals surface area contributed by atoms with Crippen LogP contribution >= 0.6 is 11.8 Å². The van der Waals surface area contributed by atoms with Crippen molar-refractivity contribution in [2.24, 2.45) is 0 Å². The Hall–Kier alpha value is -1.73. The van der Waals surface area contributed by atoms with Gasteiger partial charge in [0.25, 0.3) is 0 Å². The quantitative estimate of drug-likeness (QED) is 0.669. The van der Waals surface area contributed by atoms with Gasteiger partial charge in [0.1, 0.15) is 0 Å². The van der Waals surface area contributed by atoms with Crippen molar-refractivity contribution in [2.75, 3.05) is 18.5 Å². The van der Waals surface area contributed by atoms with Gasteiger partial charge in [-0.15, -0.1) is 0 Å². The van der Waals surface area contributed by atoms with E-state index in [1.165, 1.54) is 11.3 Å². The molecule has 6 nitrogen and oxygen atoms in total. The smallest absolute Gasteiger partial charge is 0.219 e. The lowest BCUT2D eigenvalue weighted by atomic mass is 10.1. The molecule has 1 aliphatic heterocycles. The molecule has 3 heterocycles. The molecule has 0 atom stereocenters. The molecule has 2 N–H and O–H groups in total. The van der Waals surface area contributed by atoms with Gasteiger partial charge >= 0.3 is 0 Å². The standard InChI is InChI=1S/C13H16N6S/c1-20-13-17-6-10-8-19(3-2-11(10)18-13)7-9-4-15-12(14)16-5-9/h4-6H,2-3,7-8H2,1H3,(H2,14,15,16). The second-order valence-electron chi connectivity index (χ2n) is 4.74. The van der Waals surface area contributed by atoms with Crippen LogP contribution in [0.25, 0.3) is 0 Å². The number of anilines is 1. The van der Waals surface area contributed by atoms with E-state index in [4.69, 9.17) is 5.73 Å². The molecule has 3 rings (SSSR count). The summed E-state index contributed by atoms with van der Waals surface area (Å²) in [6.45, 7) is 2.68. The van der Waals surface area contributed by atoms with Gasteiger partial charge in [0.15, 0.2) is 5.16 Å². The summed E-state index contributed by atoms with van der Waals surface area (Å²) in [5, 5.41) is 0.851. The fraction of sp³-hybridized carbons (Fsp3) is 0.385. The highest BCUT2D eigenvalue weighted by Crippen LogP contribution is 2.20. The largest absolute Gasteiger partial charge is 0.368 e. The molecule has 7 heteroatoms. The van der Waals surface area contributed by atoms with Gasteiger partial charge in [-0.2, -0.15) is 0 Å². The number of thioether (sulfide) groups is 1. The molecule has 1 aliphatic rings. The molecule has 0 amide bonds. The van der Waals surface area contributed by atoms with Crippen molar-refractivity contribution in [1.82, 2.24) is 24.8 Å². The Morgan fingerprint density at radius 1 is 1.25 bits per heavy atom. The molecule has 0 saturated heterocycles. The molecule has 2 aromatic heterocycles. The summed E-state index contributed by atoms with van der Waals surface area (Å²) in [7, 11) is 0. The summed E-state index contributed by atoms with van der Waals surface area (Å²) in [6, 6.07) is 0. The minimum Gasteiger partial charge on any atom is -0.368 e. The van der Waals surface area contributed by atoms with E-state index in [0.29, 0.717) is 5.95 Å². The zero-order chi connectivity index (χ0) is 13.9. The summed E-state index contributed by atoms with van der Waals surface area (Å²) in [4.78, 5) is 19.3. The van der Waals surface area contributed by atoms with Gasteiger partial charge in [-0.25, -0.2) is 19.9 Å². The highest BCUT2D eigenvalue weighted by atomic mass is 32.2. The number of nitrogens with two attached hydrogens (primary N) is 1. The predicted octanol–water partition coefficient (Wildman–Crippen LogP) is 1.13. The van der Waals surface area contributed by atoms with Crippen LogP contribution < -0.4 is 5.73 Å². The Balaban J connectivity index is 1.70. The van der Waals surface area contributed by atoms with Crippen molar-refractivity contribution >= 4 is 17.7 Å². The van der Waals surface area contributed by atoms with Crippen LogP contribution in [0.5, 0.6) is 0 Å². The van der Waals surface area contributed by atoms with Gasteiger partial charge in [-0.1, -0.05) is 11.8 Å². The minimum atomic E-state index is 0.315. The van der Waals surface area contributed by atoms with Gasteiger partial charge in [-0.05, 0) is 6.26 Å². The molecule has 2 aromatic rings. The monoisotopic (exact) mass is 288 g/mol. The van der Waals surface area contributed by atoms with Gasteiger partial charge in [-0.3, -0.25) is 4.90 Å². The van der Waals surface area contributed by atoms with Crippen molar-refractivity contribution < 1.29 is 0 Å². The number of nitrogens with zero attached hydrogens (tertiary/aromatic N) is 5. The van der Waals surface area contributed by atoms with Crippen molar-refractivity contribution in [3.63, 3.8) is 0 Å². The zero-order valence-electron chi connectivity index (χ0n) is 11.3. The first-order valence-electron chi connectivity index (χ1n) is 6.42. The van der Waals surface area contributed by atoms with E-state index < -0.39 is 0 Å². The van der Waals surface area contributed by atoms with E-state index >= 15 is 0 Å². The Bertz CT molecular complexity index is 600. The second-order valence-corrected chi connectivity index (χ2v) is 5.51. The molecule has 0 aromatic carbocycles. The summed E-state index contributed by atoms with van der Waals surface area (Å²) in [6.07, 6.45) is 8.47. The lowest BCUT2D eigenvalue weighted by Crippen LogP contribution is -2.31. The van der Waals surface area contributed by atoms with E-state index in [-0.39, 0.29) is 0 Å². The fourth-order valence-corrected chi connectivity index (χ4v) is 2.65. The first-order chi connectivity index (χ1) is 9.74. The van der Waals surface area contributed by atoms with E-state index in [2.05, 4.69) is 24.8 Å². The lowest BCUT2D eigenvalue weighted by Gasteiger charge is -2.27. The highest BCUT2D eigenvalue weighted by Gasteiger charge is 2.18. The molecule has 0 saturated carbocycles. The van der Waals surface area contributed by atoms with Crippen LogP contribution in [0.4, 0.5) is 5.95 Å². The number of hydrogen-bond donors (Lipinski definition) is 1. The molecule has 0 spiro atoms. The molecule has 0 unspecified atom stereocenters. The summed E-state index contributed by atoms with van der Waals surface area (Å²) in [5.74, 6) is 0.315. The topological polar surface area (TPSA) is 80.8 Å². The summed E-state index contributed by atoms with van der Waals surface area (Å²) < 4.78 is 0. The molecule has 0 fully saturated rings. The Morgan fingerprint density at radius 3 is 2.80 bits per heavy atom. The summed E-state index contributed by atoms with van der Waals surface area (Å²) >= 11 is 1.58. The van der Waals surface area contributed by atoms with E-state index in [1.54, 1.807) is 24.2 Å². The Labute approximate surface area is 121 Å². The van der Waals surface area contributed by atoms with Crippen LogP contribution in [-0.2, 0) is 19.5 Å². The van der Waals surface area contributed by atoms with Gasteiger partial charge in [0.05, 0.1) is 5.69 Å². The van der Waals surface area contributed by atoms with Gasteiger partial charge < -0.3 is 5.73 Å². The molecule has 104 valence electrons. The van der Waals surface area contributed by atoms with Crippen LogP contribution in [0.15, 0.2) is 23.7 Å². The van der Waals surface area contributed by atoms with Crippen LogP contribution in [0.3, 0.4) is 0 Å². The molecule has 20 heavy (non-hydrogen) atoms. The second kappa shape index (κ2) is 5.72. The first kappa shape index (κ1) is 13.3. The molecular weight excluding hydrogens is 272 g/mol. The maximum Gasteiger partial charge on any atom is 0.219 e. The third kappa shape index (κ3) is 2.88. The van der Waals surface area contributed by atoms with Crippen molar-refractivity contribution in [3.8, 4) is 0 Å². The van der Waals surface area contributed by atoms with Crippen molar-refractivity contribution in [3.05, 3.63) is 35.4 Å². The van der Waals surface area contributed by atoms with Gasteiger partial charge in [0.2, 0.25) is 5.95 Å². The van der Waals surface area contributed by atoms with Crippen LogP contribution in [-0.4, -0.2) is 37.6 Å². The Kier molecular flexibility index (Phi) is 3.79. The van der Waals surface area contributed by atoms with E-state index in [0.717, 1.165) is 36.8 Å². The minimum absolute atomic E-state index is 0.315. The fourth-order valence-electron chi connectivity index (χ4n) is 2.29. The maximum absolute atomic E-state index is 5.50. The lowest BCUT2D eigenvalue weighted by molar-refractivity contribution is 0.241. The van der Waals surface area contributed by atoms with Crippen molar-refractivity contribution in [1.29, 1.82) is 0 Å². The normalized spacial score (nSPS) is 15.1. The van der Waals surface area contributed by atoms with Crippen molar-refractivity contribution in [2.45, 2.75) is 24.7 Å². The number of aromatic nitrogens is 4. The van der Waals surface area contributed by atoms with E-state index in [9.17, 15) is 0 Å². The average Bonchev–Trinajstić information content (AvgIpc) is 2.49. The highest BCUT2D eigenvalue weighted by molar-refractivity contribution is 7.98.